The van der Waals surface area contributed by atoms with Crippen molar-refractivity contribution in [3.8, 4) is 0 Å². The van der Waals surface area contributed by atoms with E-state index in [1.165, 1.54) is 18.5 Å². The molecule has 0 aliphatic heterocycles. The molecule has 0 amide bonds. The van der Waals surface area contributed by atoms with Crippen molar-refractivity contribution in [1.29, 1.82) is 0 Å². The molecule has 0 bridgehead atoms. The van der Waals surface area contributed by atoms with Crippen molar-refractivity contribution in [2.45, 2.75) is 11.4 Å². The van der Waals surface area contributed by atoms with Crippen LogP contribution in [-0.2, 0) is 16.6 Å². The molecule has 0 aliphatic carbocycles. The van der Waals surface area contributed by atoms with Gasteiger partial charge in [-0.15, -0.1) is 0 Å². The van der Waals surface area contributed by atoms with Crippen molar-refractivity contribution in [3.63, 3.8) is 0 Å². The van der Waals surface area contributed by atoms with Crippen LogP contribution in [0.5, 0.6) is 0 Å². The summed E-state index contributed by atoms with van der Waals surface area (Å²) < 4.78 is 26.5. The quantitative estimate of drug-likeness (QED) is 0.943. The second kappa shape index (κ2) is 5.88. The van der Waals surface area contributed by atoms with Crippen LogP contribution in [0.3, 0.4) is 0 Å². The van der Waals surface area contributed by atoms with E-state index in [1.807, 2.05) is 0 Å². The second-order valence-corrected chi connectivity index (χ2v) is 6.34. The summed E-state index contributed by atoms with van der Waals surface area (Å²) in [7, 11) is -3.68. The first-order valence-electron chi connectivity index (χ1n) is 5.33. The van der Waals surface area contributed by atoms with Gasteiger partial charge in [0.05, 0.1) is 5.02 Å². The lowest BCUT2D eigenvalue weighted by Gasteiger charge is -2.07. The number of nitrogens with one attached hydrogen (secondary N) is 1. The molecule has 0 radical (unpaired) electrons. The van der Waals surface area contributed by atoms with E-state index in [0.717, 1.165) is 5.56 Å². The highest BCUT2D eigenvalue weighted by Crippen LogP contribution is 2.19. The Morgan fingerprint density at radius 3 is 2.42 bits per heavy atom. The maximum Gasteiger partial charge on any atom is 0.243 e. The summed E-state index contributed by atoms with van der Waals surface area (Å²) in [5.74, 6) is 0. The average molecular weight is 317 g/mol. The van der Waals surface area contributed by atoms with Gasteiger partial charge in [0.25, 0.3) is 0 Å². The summed E-state index contributed by atoms with van der Waals surface area (Å²) in [5.41, 5.74) is 0.799. The van der Waals surface area contributed by atoms with Gasteiger partial charge in [-0.05, 0) is 23.8 Å². The molecule has 1 aromatic heterocycles. The summed E-state index contributed by atoms with van der Waals surface area (Å²) in [5, 5.41) is 0.737. The number of hydrogen-bond donors (Lipinski definition) is 1. The molecule has 2 rings (SSSR count). The van der Waals surface area contributed by atoms with E-state index in [2.05, 4.69) is 9.71 Å². The van der Waals surface area contributed by atoms with Gasteiger partial charge < -0.3 is 0 Å². The van der Waals surface area contributed by atoms with Crippen LogP contribution >= 0.6 is 23.2 Å². The summed E-state index contributed by atoms with van der Waals surface area (Å²) in [6.45, 7) is 0.157. The topological polar surface area (TPSA) is 59.1 Å². The molecule has 0 unspecified atom stereocenters. The molecule has 0 aliphatic rings. The fourth-order valence-corrected chi connectivity index (χ4v) is 2.99. The molecule has 0 fully saturated rings. The zero-order valence-electron chi connectivity index (χ0n) is 9.68. The highest BCUT2D eigenvalue weighted by molar-refractivity contribution is 7.89. The molecule has 0 spiro atoms. The number of hydrogen-bond acceptors (Lipinski definition) is 3. The van der Waals surface area contributed by atoms with Crippen LogP contribution in [0.4, 0.5) is 0 Å². The minimum absolute atomic E-state index is 0.0365. The van der Waals surface area contributed by atoms with Crippen LogP contribution in [0.1, 0.15) is 5.56 Å². The van der Waals surface area contributed by atoms with E-state index < -0.39 is 10.0 Å². The molecule has 100 valence electrons. The highest BCUT2D eigenvalue weighted by atomic mass is 35.5. The molecule has 0 atom stereocenters. The monoisotopic (exact) mass is 316 g/mol. The first-order valence-corrected chi connectivity index (χ1v) is 7.56. The fraction of sp³-hybridized carbons (Fsp3) is 0.0833. The standard InChI is InChI=1S/C12H10Cl2N2O2S/c13-10-3-1-9(2-4-10)7-16-19(17,18)12-8-15-6-5-11(12)14/h1-6,8,16H,7H2. The minimum atomic E-state index is -3.68. The molecule has 1 heterocycles. The molecule has 7 heteroatoms. The van der Waals surface area contributed by atoms with Crippen LogP contribution in [0, 0.1) is 0 Å². The van der Waals surface area contributed by atoms with Gasteiger partial charge in [0, 0.05) is 24.0 Å². The Morgan fingerprint density at radius 1 is 1.11 bits per heavy atom. The van der Waals surface area contributed by atoms with Gasteiger partial charge in [-0.3, -0.25) is 4.98 Å². The van der Waals surface area contributed by atoms with Crippen LogP contribution in [0.15, 0.2) is 47.6 Å². The van der Waals surface area contributed by atoms with E-state index >= 15 is 0 Å². The Hall–Kier alpha value is -1.14. The zero-order chi connectivity index (χ0) is 13.9. The molecule has 4 nitrogen and oxygen atoms in total. The number of nitrogens with zero attached hydrogens (tertiary/aromatic N) is 1. The third-order valence-corrected chi connectivity index (χ3v) is 4.53. The van der Waals surface area contributed by atoms with Crippen LogP contribution in [0.2, 0.25) is 10.0 Å². The van der Waals surface area contributed by atoms with Crippen molar-refractivity contribution in [3.05, 3.63) is 58.3 Å². The molecule has 1 aromatic carbocycles. The van der Waals surface area contributed by atoms with Gasteiger partial charge in [-0.25, -0.2) is 13.1 Å². The molecular weight excluding hydrogens is 307 g/mol. The van der Waals surface area contributed by atoms with Gasteiger partial charge in [-0.1, -0.05) is 35.3 Å². The lowest BCUT2D eigenvalue weighted by atomic mass is 10.2. The molecule has 1 N–H and O–H groups in total. The number of sulfonamides is 1. The van der Waals surface area contributed by atoms with Crippen molar-refractivity contribution in [2.24, 2.45) is 0 Å². The third kappa shape index (κ3) is 3.67. The first-order chi connectivity index (χ1) is 8.99. The Labute approximate surface area is 121 Å². The van der Waals surface area contributed by atoms with E-state index in [9.17, 15) is 8.42 Å². The van der Waals surface area contributed by atoms with Crippen molar-refractivity contribution in [2.75, 3.05) is 0 Å². The van der Waals surface area contributed by atoms with Gasteiger partial charge in [0.1, 0.15) is 4.90 Å². The van der Waals surface area contributed by atoms with Crippen molar-refractivity contribution in [1.82, 2.24) is 9.71 Å². The molecule has 0 saturated carbocycles. The second-order valence-electron chi connectivity index (χ2n) is 3.76. The molecule has 2 aromatic rings. The Balaban J connectivity index is 2.14. The summed E-state index contributed by atoms with van der Waals surface area (Å²) >= 11 is 11.6. The summed E-state index contributed by atoms with van der Waals surface area (Å²) in [6.07, 6.45) is 2.65. The van der Waals surface area contributed by atoms with Crippen molar-refractivity contribution >= 4 is 33.2 Å². The predicted molar refractivity (Wildman–Crippen MR) is 74.7 cm³/mol. The SMILES string of the molecule is O=S(=O)(NCc1ccc(Cl)cc1)c1cnccc1Cl. The first kappa shape index (κ1) is 14.3. The van der Waals surface area contributed by atoms with E-state index in [-0.39, 0.29) is 16.5 Å². The van der Waals surface area contributed by atoms with Crippen LogP contribution in [-0.4, -0.2) is 13.4 Å². The zero-order valence-corrected chi connectivity index (χ0v) is 12.0. The van der Waals surface area contributed by atoms with Crippen LogP contribution < -0.4 is 4.72 Å². The number of aromatic nitrogens is 1. The van der Waals surface area contributed by atoms with E-state index in [1.54, 1.807) is 24.3 Å². The smallest absolute Gasteiger partial charge is 0.243 e. The maximum atomic E-state index is 12.0. The van der Waals surface area contributed by atoms with Gasteiger partial charge in [0.15, 0.2) is 0 Å². The third-order valence-electron chi connectivity index (χ3n) is 2.40. The number of halogens is 2. The van der Waals surface area contributed by atoms with E-state index in [4.69, 9.17) is 23.2 Å². The summed E-state index contributed by atoms with van der Waals surface area (Å²) in [6, 6.07) is 8.31. The Kier molecular flexibility index (Phi) is 4.42. The fourth-order valence-electron chi connectivity index (χ4n) is 1.42. The normalized spacial score (nSPS) is 11.5. The molecule has 19 heavy (non-hydrogen) atoms. The number of benzene rings is 1. The number of rotatable bonds is 4. The average Bonchev–Trinajstić information content (AvgIpc) is 2.38. The Bertz CT molecular complexity index is 672. The maximum absolute atomic E-state index is 12.0. The number of pyridine rings is 1. The highest BCUT2D eigenvalue weighted by Gasteiger charge is 2.17. The van der Waals surface area contributed by atoms with Gasteiger partial charge in [0.2, 0.25) is 10.0 Å². The lowest BCUT2D eigenvalue weighted by Crippen LogP contribution is -2.23. The van der Waals surface area contributed by atoms with Gasteiger partial charge in [-0.2, -0.15) is 0 Å². The molecule has 0 saturated heterocycles. The van der Waals surface area contributed by atoms with Gasteiger partial charge >= 0.3 is 0 Å². The minimum Gasteiger partial charge on any atom is -0.263 e. The summed E-state index contributed by atoms with van der Waals surface area (Å²) in [4.78, 5) is 3.72. The van der Waals surface area contributed by atoms with Crippen LogP contribution in [0.25, 0.3) is 0 Å². The largest absolute Gasteiger partial charge is 0.263 e. The molecular formula is C12H10Cl2N2O2S. The Morgan fingerprint density at radius 2 is 1.79 bits per heavy atom. The lowest BCUT2D eigenvalue weighted by molar-refractivity contribution is 0.581. The predicted octanol–water partition coefficient (Wildman–Crippen LogP) is 2.87. The van der Waals surface area contributed by atoms with Crippen molar-refractivity contribution < 1.29 is 8.42 Å². The van der Waals surface area contributed by atoms with E-state index in [0.29, 0.717) is 5.02 Å².